The summed E-state index contributed by atoms with van der Waals surface area (Å²) >= 11 is 0. The van der Waals surface area contributed by atoms with Crippen molar-refractivity contribution in [1.29, 1.82) is 0 Å². The van der Waals surface area contributed by atoms with E-state index in [2.05, 4.69) is 5.32 Å². The number of hydrogen-bond acceptors (Lipinski definition) is 4. The Morgan fingerprint density at radius 2 is 1.79 bits per heavy atom. The van der Waals surface area contributed by atoms with Gasteiger partial charge in [-0.05, 0) is 31.5 Å². The summed E-state index contributed by atoms with van der Waals surface area (Å²) in [5.74, 6) is -2.09. The van der Waals surface area contributed by atoms with Crippen molar-refractivity contribution in [1.82, 2.24) is 5.32 Å². The van der Waals surface area contributed by atoms with Gasteiger partial charge < -0.3 is 15.2 Å². The van der Waals surface area contributed by atoms with Crippen molar-refractivity contribution in [2.45, 2.75) is 26.0 Å². The van der Waals surface area contributed by atoms with Crippen molar-refractivity contribution >= 4 is 23.5 Å². The van der Waals surface area contributed by atoms with Crippen LogP contribution in [-0.4, -0.2) is 35.5 Å². The van der Waals surface area contributed by atoms with E-state index in [1.54, 1.807) is 55.5 Å². The number of nitrogens with zero attached hydrogens (tertiary/aromatic N) is 1. The molecule has 2 N–H and O–H groups in total. The molecule has 0 spiro atoms. The fourth-order valence-electron chi connectivity index (χ4n) is 3.18. The number of fused-ring (bicyclic) bond motifs is 1. The zero-order valence-electron chi connectivity index (χ0n) is 15.7. The number of ether oxygens (including phenoxy) is 1. The molecule has 7 heteroatoms. The van der Waals surface area contributed by atoms with Crippen LogP contribution >= 0.6 is 0 Å². The largest absolute Gasteiger partial charge is 0.481 e. The Hall–Kier alpha value is -3.35. The standard InChI is InChI=1S/C21H22N2O5/c1-13(21(26)27)19(15-8-4-3-5-9-15)22-18(24)12-23-16-10-6-7-11-17(16)28-14(2)20(23)25/h3-11,13-14,19H,12H2,1-2H3,(H,22,24)(H,26,27). The molecular formula is C21H22N2O5. The van der Waals surface area contributed by atoms with Crippen LogP contribution in [0.1, 0.15) is 25.5 Å². The van der Waals surface area contributed by atoms with Crippen LogP contribution in [0.5, 0.6) is 5.75 Å². The van der Waals surface area contributed by atoms with Crippen molar-refractivity contribution in [2.24, 2.45) is 5.92 Å². The maximum Gasteiger partial charge on any atom is 0.308 e. The number of carbonyl (C=O) groups is 3. The number of benzene rings is 2. The number of rotatable bonds is 6. The van der Waals surface area contributed by atoms with Crippen LogP contribution in [-0.2, 0) is 14.4 Å². The zero-order valence-corrected chi connectivity index (χ0v) is 15.7. The van der Waals surface area contributed by atoms with Gasteiger partial charge in [0.15, 0.2) is 6.10 Å². The first-order valence-electron chi connectivity index (χ1n) is 9.02. The maximum atomic E-state index is 12.7. The molecular weight excluding hydrogens is 360 g/mol. The third-order valence-electron chi connectivity index (χ3n) is 4.74. The molecule has 0 bridgehead atoms. The average molecular weight is 382 g/mol. The van der Waals surface area contributed by atoms with E-state index in [9.17, 15) is 19.5 Å². The average Bonchev–Trinajstić information content (AvgIpc) is 2.69. The Morgan fingerprint density at radius 1 is 1.14 bits per heavy atom. The van der Waals surface area contributed by atoms with E-state index in [-0.39, 0.29) is 12.5 Å². The number of carboxylic acids is 1. The molecule has 2 aromatic rings. The summed E-state index contributed by atoms with van der Waals surface area (Å²) in [5.41, 5.74) is 1.20. The van der Waals surface area contributed by atoms with Crippen LogP contribution in [0.3, 0.4) is 0 Å². The molecule has 1 aliphatic rings. The SMILES string of the molecule is CC1Oc2ccccc2N(CC(=O)NC(c2ccccc2)C(C)C(=O)O)C1=O. The normalized spacial score (nSPS) is 17.9. The molecule has 28 heavy (non-hydrogen) atoms. The fourth-order valence-corrected chi connectivity index (χ4v) is 3.18. The van der Waals surface area contributed by atoms with Gasteiger partial charge >= 0.3 is 5.97 Å². The second-order valence-electron chi connectivity index (χ2n) is 6.73. The smallest absolute Gasteiger partial charge is 0.308 e. The Balaban J connectivity index is 1.81. The lowest BCUT2D eigenvalue weighted by Crippen LogP contribution is -2.49. The summed E-state index contributed by atoms with van der Waals surface area (Å²) in [7, 11) is 0. The van der Waals surface area contributed by atoms with Gasteiger partial charge in [0.1, 0.15) is 12.3 Å². The molecule has 2 aromatic carbocycles. The number of amides is 2. The lowest BCUT2D eigenvalue weighted by Gasteiger charge is -2.33. The van der Waals surface area contributed by atoms with E-state index in [1.807, 2.05) is 6.07 Å². The quantitative estimate of drug-likeness (QED) is 0.800. The third-order valence-corrected chi connectivity index (χ3v) is 4.74. The first kappa shape index (κ1) is 19.4. The van der Waals surface area contributed by atoms with Crippen LogP contribution in [0.15, 0.2) is 54.6 Å². The molecule has 3 unspecified atom stereocenters. The Bertz CT molecular complexity index is 883. The van der Waals surface area contributed by atoms with Crippen LogP contribution in [0.2, 0.25) is 0 Å². The maximum absolute atomic E-state index is 12.7. The summed E-state index contributed by atoms with van der Waals surface area (Å²) in [6.07, 6.45) is -0.703. The highest BCUT2D eigenvalue weighted by molar-refractivity contribution is 6.03. The van der Waals surface area contributed by atoms with E-state index < -0.39 is 29.9 Å². The molecule has 0 saturated carbocycles. The molecule has 0 saturated heterocycles. The van der Waals surface area contributed by atoms with Crippen LogP contribution in [0.4, 0.5) is 5.69 Å². The summed E-state index contributed by atoms with van der Waals surface area (Å²) in [4.78, 5) is 38.2. The Morgan fingerprint density at radius 3 is 2.46 bits per heavy atom. The highest BCUT2D eigenvalue weighted by atomic mass is 16.5. The van der Waals surface area contributed by atoms with Gasteiger partial charge in [0.05, 0.1) is 17.6 Å². The monoisotopic (exact) mass is 382 g/mol. The number of anilines is 1. The molecule has 0 aliphatic carbocycles. The van der Waals surface area contributed by atoms with Crippen LogP contribution in [0, 0.1) is 5.92 Å². The lowest BCUT2D eigenvalue weighted by atomic mass is 9.94. The summed E-state index contributed by atoms with van der Waals surface area (Å²) < 4.78 is 5.58. The predicted molar refractivity (Wildman–Crippen MR) is 103 cm³/mol. The molecule has 3 atom stereocenters. The number of aliphatic carboxylic acids is 1. The topological polar surface area (TPSA) is 95.9 Å². The van der Waals surface area contributed by atoms with Gasteiger partial charge in [0, 0.05) is 0 Å². The van der Waals surface area contributed by atoms with Gasteiger partial charge in [0.2, 0.25) is 5.91 Å². The lowest BCUT2D eigenvalue weighted by molar-refractivity contribution is -0.142. The number of para-hydroxylation sites is 2. The van der Waals surface area contributed by atoms with E-state index in [0.717, 1.165) is 0 Å². The van der Waals surface area contributed by atoms with E-state index in [4.69, 9.17) is 4.74 Å². The highest BCUT2D eigenvalue weighted by Crippen LogP contribution is 2.33. The third kappa shape index (κ3) is 3.98. The van der Waals surface area contributed by atoms with Crippen molar-refractivity contribution in [2.75, 3.05) is 11.4 Å². The second-order valence-corrected chi connectivity index (χ2v) is 6.73. The van der Waals surface area contributed by atoms with Gasteiger partial charge in [-0.2, -0.15) is 0 Å². The Kier molecular flexibility index (Phi) is 5.63. The molecule has 146 valence electrons. The van der Waals surface area contributed by atoms with E-state index in [0.29, 0.717) is 17.0 Å². The van der Waals surface area contributed by atoms with E-state index >= 15 is 0 Å². The van der Waals surface area contributed by atoms with Crippen molar-refractivity contribution in [3.05, 3.63) is 60.2 Å². The Labute approximate surface area is 162 Å². The number of carboxylic acid groups (broad SMARTS) is 1. The molecule has 3 rings (SSSR count). The number of hydrogen-bond donors (Lipinski definition) is 2. The van der Waals surface area contributed by atoms with Crippen LogP contribution in [0.25, 0.3) is 0 Å². The molecule has 0 aromatic heterocycles. The molecule has 7 nitrogen and oxygen atoms in total. The second kappa shape index (κ2) is 8.12. The molecule has 1 aliphatic heterocycles. The molecule has 2 amide bonds. The minimum atomic E-state index is -1.02. The predicted octanol–water partition coefficient (Wildman–Crippen LogP) is 2.38. The summed E-state index contributed by atoms with van der Waals surface area (Å²) in [6, 6.07) is 15.2. The fraction of sp³-hybridized carbons (Fsp3) is 0.286. The van der Waals surface area contributed by atoms with Gasteiger partial charge in [0.25, 0.3) is 5.91 Å². The molecule has 1 heterocycles. The first-order chi connectivity index (χ1) is 13.4. The van der Waals surface area contributed by atoms with Gasteiger partial charge in [-0.1, -0.05) is 42.5 Å². The van der Waals surface area contributed by atoms with Crippen molar-refractivity contribution in [3.8, 4) is 5.75 Å². The minimum Gasteiger partial charge on any atom is -0.481 e. The first-order valence-corrected chi connectivity index (χ1v) is 9.02. The van der Waals surface area contributed by atoms with Gasteiger partial charge in [-0.25, -0.2) is 0 Å². The van der Waals surface area contributed by atoms with Crippen LogP contribution < -0.4 is 15.0 Å². The summed E-state index contributed by atoms with van der Waals surface area (Å²) in [5, 5.41) is 12.2. The van der Waals surface area contributed by atoms with Gasteiger partial charge in [-0.3, -0.25) is 19.3 Å². The number of carbonyl (C=O) groups excluding carboxylic acids is 2. The van der Waals surface area contributed by atoms with E-state index in [1.165, 1.54) is 11.8 Å². The minimum absolute atomic E-state index is 0.223. The van der Waals surface area contributed by atoms with Crippen molar-refractivity contribution < 1.29 is 24.2 Å². The molecule has 0 fully saturated rings. The van der Waals surface area contributed by atoms with Gasteiger partial charge in [-0.15, -0.1) is 0 Å². The molecule has 0 radical (unpaired) electrons. The van der Waals surface area contributed by atoms with Crippen molar-refractivity contribution in [3.63, 3.8) is 0 Å². The summed E-state index contributed by atoms with van der Waals surface area (Å²) in [6.45, 7) is 2.94. The number of nitrogens with one attached hydrogen (secondary N) is 1. The zero-order chi connectivity index (χ0) is 20.3. The highest BCUT2D eigenvalue weighted by Gasteiger charge is 2.34.